The first kappa shape index (κ1) is 18.5. The average molecular weight is 370 g/mol. The van der Waals surface area contributed by atoms with Gasteiger partial charge in [-0.1, -0.05) is 19.9 Å². The van der Waals surface area contributed by atoms with Gasteiger partial charge in [0, 0.05) is 5.41 Å². The number of hydrogen-bond donors (Lipinski definition) is 1. The highest BCUT2D eigenvalue weighted by molar-refractivity contribution is 5.73. The summed E-state index contributed by atoms with van der Waals surface area (Å²) in [5, 5.41) is 10.7. The maximum Gasteiger partial charge on any atom is 0.417 e. The van der Waals surface area contributed by atoms with E-state index in [4.69, 9.17) is 0 Å². The Labute approximate surface area is 153 Å². The number of carbonyl (C=O) groups excluding carboxylic acids is 1. The monoisotopic (exact) mass is 370 g/mol. The first-order chi connectivity index (χ1) is 12.1. The Morgan fingerprint density at radius 2 is 1.81 bits per heavy atom. The van der Waals surface area contributed by atoms with E-state index in [0.29, 0.717) is 24.7 Å². The van der Waals surface area contributed by atoms with Crippen LogP contribution in [-0.2, 0) is 4.79 Å². The second-order valence-corrected chi connectivity index (χ2v) is 9.82. The molecule has 4 aliphatic carbocycles. The SMILES string of the molecule is C[C@]12CC(C=O)=CCC1CC[C@@H]1[C@H]2CC[C@@]2(C)[C@H]1CCC2(O)C(F)(F)F. The number of hydrogen-bond acceptors (Lipinski definition) is 2. The standard InChI is InChI=1S/C21H29F3O2/c1-18-11-13(12-25)3-4-14(18)5-6-15-16(18)7-9-19(2)17(15)8-10-20(19,26)21(22,23)24/h3,12,14-17,26H,4-11H2,1-2H3/t14?,15-,16-,17+,18+,19+,20?/m1/s1. The number of fused-ring (bicyclic) bond motifs is 5. The molecule has 2 nitrogen and oxygen atoms in total. The van der Waals surface area contributed by atoms with E-state index >= 15 is 0 Å². The van der Waals surface area contributed by atoms with Gasteiger partial charge in [-0.25, -0.2) is 0 Å². The van der Waals surface area contributed by atoms with Crippen LogP contribution in [-0.4, -0.2) is 23.2 Å². The van der Waals surface area contributed by atoms with Crippen molar-refractivity contribution in [1.82, 2.24) is 0 Å². The molecule has 0 radical (unpaired) electrons. The molecule has 146 valence electrons. The smallest absolute Gasteiger partial charge is 0.380 e. The fourth-order valence-corrected chi connectivity index (χ4v) is 7.57. The number of halogens is 3. The summed E-state index contributed by atoms with van der Waals surface area (Å²) >= 11 is 0. The highest BCUT2D eigenvalue weighted by Gasteiger charge is 2.72. The van der Waals surface area contributed by atoms with Gasteiger partial charge in [0.05, 0.1) is 0 Å². The van der Waals surface area contributed by atoms with E-state index in [9.17, 15) is 23.1 Å². The van der Waals surface area contributed by atoms with E-state index < -0.39 is 17.2 Å². The number of allylic oxidation sites excluding steroid dienone is 2. The summed E-state index contributed by atoms with van der Waals surface area (Å²) in [7, 11) is 0. The van der Waals surface area contributed by atoms with E-state index in [-0.39, 0.29) is 23.7 Å². The minimum Gasteiger partial charge on any atom is -0.380 e. The van der Waals surface area contributed by atoms with Crippen LogP contribution in [0.2, 0.25) is 0 Å². The molecule has 2 unspecified atom stereocenters. The molecule has 0 heterocycles. The van der Waals surface area contributed by atoms with Crippen molar-refractivity contribution in [2.24, 2.45) is 34.5 Å². The number of alkyl halides is 3. The van der Waals surface area contributed by atoms with E-state index in [0.717, 1.165) is 44.0 Å². The van der Waals surface area contributed by atoms with Crippen LogP contribution in [0.15, 0.2) is 11.6 Å². The Balaban J connectivity index is 1.67. The molecule has 0 aromatic carbocycles. The van der Waals surface area contributed by atoms with Crippen LogP contribution in [0.1, 0.15) is 65.2 Å². The predicted octanol–water partition coefficient (Wildman–Crippen LogP) is 5.06. The van der Waals surface area contributed by atoms with Gasteiger partial charge in [-0.3, -0.25) is 4.79 Å². The molecule has 0 aromatic heterocycles. The Morgan fingerprint density at radius 1 is 1.12 bits per heavy atom. The third-order valence-corrected chi connectivity index (χ3v) is 9.09. The van der Waals surface area contributed by atoms with Crippen molar-refractivity contribution in [1.29, 1.82) is 0 Å². The van der Waals surface area contributed by atoms with Gasteiger partial charge in [0.2, 0.25) is 0 Å². The lowest BCUT2D eigenvalue weighted by Crippen LogP contribution is -2.60. The molecule has 4 rings (SSSR count). The van der Waals surface area contributed by atoms with Crippen LogP contribution < -0.4 is 0 Å². The Morgan fingerprint density at radius 3 is 2.46 bits per heavy atom. The van der Waals surface area contributed by atoms with Gasteiger partial charge in [0.25, 0.3) is 0 Å². The number of rotatable bonds is 1. The van der Waals surface area contributed by atoms with Crippen LogP contribution in [0.3, 0.4) is 0 Å². The Kier molecular flexibility index (Phi) is 3.98. The highest BCUT2D eigenvalue weighted by Crippen LogP contribution is 2.70. The molecular weight excluding hydrogens is 341 g/mol. The molecular formula is C21H29F3O2. The molecule has 0 saturated heterocycles. The zero-order valence-corrected chi connectivity index (χ0v) is 15.6. The predicted molar refractivity (Wildman–Crippen MR) is 92.3 cm³/mol. The summed E-state index contributed by atoms with van der Waals surface area (Å²) in [6, 6.07) is 0. The van der Waals surface area contributed by atoms with E-state index in [2.05, 4.69) is 13.0 Å². The van der Waals surface area contributed by atoms with Crippen LogP contribution in [0.4, 0.5) is 13.2 Å². The second-order valence-electron chi connectivity index (χ2n) is 9.82. The molecule has 26 heavy (non-hydrogen) atoms. The van der Waals surface area contributed by atoms with Gasteiger partial charge in [-0.2, -0.15) is 13.2 Å². The summed E-state index contributed by atoms with van der Waals surface area (Å²) in [5.41, 5.74) is -2.76. The Bertz CT molecular complexity index is 642. The van der Waals surface area contributed by atoms with E-state index in [1.807, 2.05) is 0 Å². The van der Waals surface area contributed by atoms with Crippen molar-refractivity contribution >= 4 is 6.29 Å². The van der Waals surface area contributed by atoms with Crippen molar-refractivity contribution in [3.8, 4) is 0 Å². The largest absolute Gasteiger partial charge is 0.417 e. The van der Waals surface area contributed by atoms with Crippen molar-refractivity contribution in [3.05, 3.63) is 11.6 Å². The fourth-order valence-electron chi connectivity index (χ4n) is 7.57. The van der Waals surface area contributed by atoms with Gasteiger partial charge in [-0.15, -0.1) is 0 Å². The molecule has 0 bridgehead atoms. The van der Waals surface area contributed by atoms with Gasteiger partial charge in [0.1, 0.15) is 6.29 Å². The highest BCUT2D eigenvalue weighted by atomic mass is 19.4. The molecule has 3 fully saturated rings. The molecule has 7 atom stereocenters. The number of aliphatic hydroxyl groups is 1. The molecule has 4 aliphatic rings. The minimum absolute atomic E-state index is 0.00811. The average Bonchev–Trinajstić information content (AvgIpc) is 2.86. The molecule has 0 aromatic rings. The zero-order valence-electron chi connectivity index (χ0n) is 15.6. The summed E-state index contributed by atoms with van der Waals surface area (Å²) in [6.07, 6.45) is 3.57. The van der Waals surface area contributed by atoms with Crippen molar-refractivity contribution in [2.45, 2.75) is 77.0 Å². The van der Waals surface area contributed by atoms with Crippen LogP contribution in [0, 0.1) is 34.5 Å². The summed E-state index contributed by atoms with van der Waals surface area (Å²) < 4.78 is 41.2. The zero-order chi connectivity index (χ0) is 19.0. The first-order valence-electron chi connectivity index (χ1n) is 10.0. The maximum atomic E-state index is 13.7. The number of aldehydes is 1. The molecule has 3 saturated carbocycles. The van der Waals surface area contributed by atoms with Crippen LogP contribution in [0.5, 0.6) is 0 Å². The third-order valence-electron chi connectivity index (χ3n) is 9.09. The molecule has 0 aliphatic heterocycles. The lowest BCUT2D eigenvalue weighted by molar-refractivity contribution is -0.304. The quantitative estimate of drug-likeness (QED) is 0.655. The van der Waals surface area contributed by atoms with E-state index in [1.165, 1.54) is 0 Å². The lowest BCUT2D eigenvalue weighted by atomic mass is 9.44. The van der Waals surface area contributed by atoms with Crippen molar-refractivity contribution in [3.63, 3.8) is 0 Å². The van der Waals surface area contributed by atoms with Gasteiger partial charge in [-0.05, 0) is 86.0 Å². The molecule has 1 N–H and O–H groups in total. The van der Waals surface area contributed by atoms with Gasteiger partial charge >= 0.3 is 6.18 Å². The summed E-state index contributed by atoms with van der Waals surface area (Å²) in [5.74, 6) is 1.05. The molecule has 0 amide bonds. The normalized spacial score (nSPS) is 51.1. The molecule has 0 spiro atoms. The fraction of sp³-hybridized carbons (Fsp3) is 0.857. The van der Waals surface area contributed by atoms with Crippen molar-refractivity contribution < 1.29 is 23.1 Å². The van der Waals surface area contributed by atoms with Gasteiger partial charge in [0.15, 0.2) is 5.60 Å². The lowest BCUT2D eigenvalue weighted by Gasteiger charge is -2.60. The minimum atomic E-state index is -4.57. The van der Waals surface area contributed by atoms with Crippen molar-refractivity contribution in [2.75, 3.05) is 0 Å². The molecule has 5 heteroatoms. The summed E-state index contributed by atoms with van der Waals surface area (Å²) in [4.78, 5) is 11.3. The number of carbonyl (C=O) groups is 1. The Hall–Kier alpha value is -0.840. The third kappa shape index (κ3) is 2.18. The maximum absolute atomic E-state index is 13.7. The summed E-state index contributed by atoms with van der Waals surface area (Å²) in [6.45, 7) is 3.94. The van der Waals surface area contributed by atoms with Crippen LogP contribution >= 0.6 is 0 Å². The first-order valence-corrected chi connectivity index (χ1v) is 10.0. The van der Waals surface area contributed by atoms with Crippen LogP contribution in [0.25, 0.3) is 0 Å². The topological polar surface area (TPSA) is 37.3 Å². The van der Waals surface area contributed by atoms with Gasteiger partial charge < -0.3 is 5.11 Å². The second kappa shape index (κ2) is 5.59. The van der Waals surface area contributed by atoms with E-state index in [1.54, 1.807) is 6.92 Å².